The van der Waals surface area contributed by atoms with E-state index in [0.29, 0.717) is 22.5 Å². The summed E-state index contributed by atoms with van der Waals surface area (Å²) in [5.74, 6) is -0.292. The van der Waals surface area contributed by atoms with E-state index in [1.54, 1.807) is 39.9 Å². The van der Waals surface area contributed by atoms with Crippen molar-refractivity contribution < 1.29 is 4.79 Å². The summed E-state index contributed by atoms with van der Waals surface area (Å²) >= 11 is 0. The van der Waals surface area contributed by atoms with E-state index in [0.717, 1.165) is 16.7 Å². The molecule has 0 spiro atoms. The topological polar surface area (TPSA) is 101 Å². The van der Waals surface area contributed by atoms with E-state index in [2.05, 4.69) is 33.1 Å². The Morgan fingerprint density at radius 1 is 1.20 bits per heavy atom. The molecule has 4 aromatic heterocycles. The van der Waals surface area contributed by atoms with Crippen LogP contribution in [0.2, 0.25) is 0 Å². The molecule has 8 heteroatoms. The maximum atomic E-state index is 11.5. The van der Waals surface area contributed by atoms with Gasteiger partial charge in [0.1, 0.15) is 6.07 Å². The number of pyridine rings is 2. The summed E-state index contributed by atoms with van der Waals surface area (Å²) in [6.45, 7) is 3.45. The molecule has 4 heterocycles. The summed E-state index contributed by atoms with van der Waals surface area (Å²) in [5, 5.41) is 20.7. The zero-order valence-corrected chi connectivity index (χ0v) is 16.1. The van der Waals surface area contributed by atoms with Gasteiger partial charge in [0.15, 0.2) is 0 Å². The lowest BCUT2D eigenvalue weighted by atomic mass is 10.1. The number of amides is 1. The van der Waals surface area contributed by atoms with Crippen LogP contribution in [-0.4, -0.2) is 30.3 Å². The van der Waals surface area contributed by atoms with Crippen LogP contribution in [0.1, 0.15) is 16.8 Å². The Balaban J connectivity index is 1.77. The van der Waals surface area contributed by atoms with Gasteiger partial charge < -0.3 is 5.32 Å². The zero-order valence-electron chi connectivity index (χ0n) is 16.1. The molecule has 0 radical (unpaired) electrons. The minimum absolute atomic E-state index is 0.292. The Morgan fingerprint density at radius 2 is 2.07 bits per heavy atom. The number of fused-ring (bicyclic) bond motifs is 1. The minimum Gasteiger partial charge on any atom is -0.322 e. The second kappa shape index (κ2) is 7.85. The van der Waals surface area contributed by atoms with Crippen LogP contribution in [0.5, 0.6) is 0 Å². The quantitative estimate of drug-likeness (QED) is 0.523. The summed E-state index contributed by atoms with van der Waals surface area (Å²) < 4.78 is 3.42. The van der Waals surface area contributed by atoms with Crippen molar-refractivity contribution in [3.05, 3.63) is 78.7 Å². The van der Waals surface area contributed by atoms with Gasteiger partial charge in [0.05, 0.1) is 29.2 Å². The van der Waals surface area contributed by atoms with E-state index >= 15 is 0 Å². The number of hydrogen-bond acceptors (Lipinski definition) is 5. The van der Waals surface area contributed by atoms with E-state index < -0.39 is 0 Å². The Labute approximate surface area is 172 Å². The van der Waals surface area contributed by atoms with E-state index in [1.807, 2.05) is 37.7 Å². The number of hydrogen-bond donors (Lipinski definition) is 1. The van der Waals surface area contributed by atoms with E-state index in [-0.39, 0.29) is 5.91 Å². The highest BCUT2D eigenvalue weighted by Gasteiger charge is 2.11. The Hall–Kier alpha value is -4.51. The lowest BCUT2D eigenvalue weighted by Crippen LogP contribution is -2.07. The van der Waals surface area contributed by atoms with Crippen LogP contribution < -0.4 is 5.32 Å². The number of nitriles is 1. The minimum atomic E-state index is -0.292. The first-order valence-corrected chi connectivity index (χ1v) is 9.05. The summed E-state index contributed by atoms with van der Waals surface area (Å²) in [6, 6.07) is 7.61. The first-order chi connectivity index (χ1) is 14.6. The third kappa shape index (κ3) is 3.72. The van der Waals surface area contributed by atoms with Crippen LogP contribution in [0.3, 0.4) is 0 Å². The van der Waals surface area contributed by atoms with Crippen LogP contribution in [0.15, 0.2) is 61.8 Å². The highest BCUT2D eigenvalue weighted by Crippen LogP contribution is 2.26. The second-order valence-electron chi connectivity index (χ2n) is 6.55. The molecule has 4 aromatic rings. The van der Waals surface area contributed by atoms with Gasteiger partial charge in [0, 0.05) is 48.0 Å². The number of anilines is 1. The number of nitrogens with zero attached hydrogens (tertiary/aromatic N) is 6. The van der Waals surface area contributed by atoms with Crippen molar-refractivity contribution >= 4 is 29.3 Å². The first-order valence-electron chi connectivity index (χ1n) is 9.05. The molecular formula is C22H17N7O. The average Bonchev–Trinajstić information content (AvgIpc) is 3.38. The number of carbonyl (C=O) groups excluding carboxylic acids is 1. The van der Waals surface area contributed by atoms with Gasteiger partial charge in [0.2, 0.25) is 5.91 Å². The van der Waals surface area contributed by atoms with E-state index in [1.165, 1.54) is 6.08 Å². The highest BCUT2D eigenvalue weighted by molar-refractivity contribution is 5.99. The van der Waals surface area contributed by atoms with Gasteiger partial charge in [-0.15, -0.1) is 0 Å². The largest absolute Gasteiger partial charge is 0.322 e. The molecule has 0 fully saturated rings. The number of rotatable bonds is 5. The van der Waals surface area contributed by atoms with Crippen molar-refractivity contribution in [1.29, 1.82) is 5.26 Å². The lowest BCUT2D eigenvalue weighted by molar-refractivity contribution is -0.111. The van der Waals surface area contributed by atoms with Crippen LogP contribution in [-0.2, 0) is 11.8 Å². The molecule has 0 saturated heterocycles. The SMILES string of the molecule is C=CC(=O)Nc1ccnc(/C=C/c2cc(-c3cnn(C)c3)cn3ncc(C#N)c23)c1. The van der Waals surface area contributed by atoms with Crippen LogP contribution in [0.25, 0.3) is 28.8 Å². The molecule has 8 nitrogen and oxygen atoms in total. The molecule has 146 valence electrons. The molecule has 0 atom stereocenters. The van der Waals surface area contributed by atoms with Gasteiger partial charge in [0.25, 0.3) is 0 Å². The summed E-state index contributed by atoms with van der Waals surface area (Å²) in [5.41, 5.74) is 5.13. The second-order valence-corrected chi connectivity index (χ2v) is 6.55. The van der Waals surface area contributed by atoms with Crippen LogP contribution >= 0.6 is 0 Å². The molecule has 0 unspecified atom stereocenters. The normalized spacial score (nSPS) is 10.9. The number of carbonyl (C=O) groups is 1. The molecule has 0 aliphatic carbocycles. The molecule has 1 amide bonds. The predicted octanol–water partition coefficient (Wildman–Crippen LogP) is 3.30. The van der Waals surface area contributed by atoms with Gasteiger partial charge in [-0.1, -0.05) is 12.7 Å². The van der Waals surface area contributed by atoms with Gasteiger partial charge >= 0.3 is 0 Å². The van der Waals surface area contributed by atoms with Crippen LogP contribution in [0.4, 0.5) is 5.69 Å². The highest BCUT2D eigenvalue weighted by atomic mass is 16.1. The fourth-order valence-corrected chi connectivity index (χ4v) is 3.08. The van der Waals surface area contributed by atoms with Gasteiger partial charge in [-0.2, -0.15) is 15.5 Å². The number of aromatic nitrogens is 5. The molecule has 30 heavy (non-hydrogen) atoms. The lowest BCUT2D eigenvalue weighted by Gasteiger charge is -2.05. The summed E-state index contributed by atoms with van der Waals surface area (Å²) in [6.07, 6.45) is 13.6. The van der Waals surface area contributed by atoms with E-state index in [4.69, 9.17) is 0 Å². The molecular weight excluding hydrogens is 378 g/mol. The molecule has 0 aromatic carbocycles. The fraction of sp³-hybridized carbons (Fsp3) is 0.0455. The van der Waals surface area contributed by atoms with Gasteiger partial charge in [-0.05, 0) is 30.4 Å². The maximum absolute atomic E-state index is 11.5. The van der Waals surface area contributed by atoms with Crippen molar-refractivity contribution in [3.63, 3.8) is 0 Å². The fourth-order valence-electron chi connectivity index (χ4n) is 3.08. The van der Waals surface area contributed by atoms with Gasteiger partial charge in [-0.3, -0.25) is 14.5 Å². The molecule has 0 aliphatic rings. The maximum Gasteiger partial charge on any atom is 0.247 e. The van der Waals surface area contributed by atoms with Crippen molar-refractivity contribution in [3.8, 4) is 17.2 Å². The van der Waals surface area contributed by atoms with Gasteiger partial charge in [-0.25, -0.2) is 4.52 Å². The molecule has 0 aliphatic heterocycles. The third-order valence-corrected chi connectivity index (χ3v) is 4.47. The number of nitrogens with one attached hydrogen (secondary N) is 1. The van der Waals surface area contributed by atoms with Crippen molar-refractivity contribution in [2.45, 2.75) is 0 Å². The average molecular weight is 395 g/mol. The summed E-state index contributed by atoms with van der Waals surface area (Å²) in [7, 11) is 1.86. The molecule has 4 rings (SSSR count). The Kier molecular flexibility index (Phi) is 4.93. The van der Waals surface area contributed by atoms with Crippen molar-refractivity contribution in [2.75, 3.05) is 5.32 Å². The standard InChI is InChI=1S/C22H17N7O/c1-3-21(30)27-20-6-7-24-19(9-20)5-4-15-8-16(18-12-25-28(2)13-18)14-29-22(15)17(10-23)11-26-29/h3-9,11-14H,1H2,2H3,(H,24,27,30)/b5-4+. The first kappa shape index (κ1) is 18.8. The molecule has 1 N–H and O–H groups in total. The Bertz CT molecular complexity index is 1340. The van der Waals surface area contributed by atoms with Crippen molar-refractivity contribution in [1.82, 2.24) is 24.4 Å². The predicted molar refractivity (Wildman–Crippen MR) is 114 cm³/mol. The molecule has 0 saturated carbocycles. The summed E-state index contributed by atoms with van der Waals surface area (Å²) in [4.78, 5) is 15.8. The monoisotopic (exact) mass is 395 g/mol. The van der Waals surface area contributed by atoms with Crippen LogP contribution in [0, 0.1) is 11.3 Å². The Morgan fingerprint density at radius 3 is 2.80 bits per heavy atom. The number of aryl methyl sites for hydroxylation is 1. The van der Waals surface area contributed by atoms with E-state index in [9.17, 15) is 10.1 Å². The zero-order chi connectivity index (χ0) is 21.1. The smallest absolute Gasteiger partial charge is 0.247 e. The molecule has 0 bridgehead atoms. The third-order valence-electron chi connectivity index (χ3n) is 4.47. The van der Waals surface area contributed by atoms with Crippen molar-refractivity contribution in [2.24, 2.45) is 7.05 Å².